The number of nitrogens with zero attached hydrogens (tertiary/aromatic N) is 3. The smallest absolute Gasteiger partial charge is 0.295 e. The minimum absolute atomic E-state index is 0.312. The molecule has 0 amide bonds. The van der Waals surface area contributed by atoms with E-state index >= 15 is 0 Å². The molecule has 1 aliphatic rings. The highest BCUT2D eigenvalue weighted by Crippen LogP contribution is 1.99. The number of likely N-dealkylation sites (N-methyl/N-ethyl adjacent to an activating group) is 2. The normalized spacial score (nSPS) is 17.0. The highest BCUT2D eigenvalue weighted by atomic mass is 16.4. The SMILES string of the molecule is CN(C)CCN1CC[N+](C)=C1C(=O)[O-]. The van der Waals surface area contributed by atoms with Crippen molar-refractivity contribution in [3.8, 4) is 0 Å². The van der Waals surface area contributed by atoms with Gasteiger partial charge >= 0.3 is 0 Å². The van der Waals surface area contributed by atoms with Gasteiger partial charge in [-0.2, -0.15) is 0 Å². The predicted octanol–water partition coefficient (Wildman–Crippen LogP) is -2.35. The van der Waals surface area contributed by atoms with Crippen LogP contribution < -0.4 is 5.11 Å². The molecule has 0 bridgehead atoms. The number of amidine groups is 1. The number of carboxylic acids is 1. The maximum absolute atomic E-state index is 10.8. The topological polar surface area (TPSA) is 49.6 Å². The number of aliphatic carboxylic acids is 1. The molecule has 0 aromatic heterocycles. The molecule has 0 N–H and O–H groups in total. The molecule has 14 heavy (non-hydrogen) atoms. The Morgan fingerprint density at radius 3 is 2.79 bits per heavy atom. The lowest BCUT2D eigenvalue weighted by atomic mass is 10.4. The Morgan fingerprint density at radius 2 is 2.29 bits per heavy atom. The number of rotatable bonds is 4. The Bertz CT molecular complexity index is 261. The number of carbonyl (C=O) groups is 1. The molecule has 0 saturated heterocycles. The molecule has 1 rings (SSSR count). The van der Waals surface area contributed by atoms with Gasteiger partial charge in [0.1, 0.15) is 13.1 Å². The lowest BCUT2D eigenvalue weighted by molar-refractivity contribution is -0.488. The van der Waals surface area contributed by atoms with Gasteiger partial charge < -0.3 is 14.8 Å². The van der Waals surface area contributed by atoms with Crippen LogP contribution in [0, 0.1) is 0 Å². The monoisotopic (exact) mass is 199 g/mol. The minimum atomic E-state index is -1.08. The van der Waals surface area contributed by atoms with Crippen LogP contribution in [0.3, 0.4) is 0 Å². The van der Waals surface area contributed by atoms with Crippen LogP contribution in [0.2, 0.25) is 0 Å². The number of hydrogen-bond acceptors (Lipinski definition) is 4. The Balaban J connectivity index is 2.59. The Kier molecular flexibility index (Phi) is 3.46. The van der Waals surface area contributed by atoms with Gasteiger partial charge in [-0.15, -0.1) is 0 Å². The van der Waals surface area contributed by atoms with E-state index in [2.05, 4.69) is 0 Å². The quantitative estimate of drug-likeness (QED) is 0.476. The summed E-state index contributed by atoms with van der Waals surface area (Å²) in [7, 11) is 5.72. The zero-order valence-corrected chi connectivity index (χ0v) is 8.99. The molecule has 0 fully saturated rings. The summed E-state index contributed by atoms with van der Waals surface area (Å²) >= 11 is 0. The third-order valence-corrected chi connectivity index (χ3v) is 2.37. The summed E-state index contributed by atoms with van der Waals surface area (Å²) in [5.41, 5.74) is 0. The van der Waals surface area contributed by atoms with Crippen LogP contribution in [0.5, 0.6) is 0 Å². The van der Waals surface area contributed by atoms with Crippen molar-refractivity contribution in [3.05, 3.63) is 0 Å². The number of carbonyl (C=O) groups excluding carboxylic acids is 1. The molecule has 5 nitrogen and oxygen atoms in total. The van der Waals surface area contributed by atoms with E-state index in [4.69, 9.17) is 0 Å². The highest BCUT2D eigenvalue weighted by Gasteiger charge is 2.28. The maximum atomic E-state index is 10.8. The molecule has 0 aromatic carbocycles. The first-order chi connectivity index (χ1) is 6.52. The first-order valence-corrected chi connectivity index (χ1v) is 4.71. The molecule has 0 saturated carbocycles. The van der Waals surface area contributed by atoms with Gasteiger partial charge in [0.05, 0.1) is 13.6 Å². The summed E-state index contributed by atoms with van der Waals surface area (Å²) in [5.74, 6) is -0.768. The van der Waals surface area contributed by atoms with Crippen LogP contribution >= 0.6 is 0 Å². The van der Waals surface area contributed by atoms with E-state index in [-0.39, 0.29) is 0 Å². The Labute approximate surface area is 84.2 Å². The average molecular weight is 199 g/mol. The second-order valence-corrected chi connectivity index (χ2v) is 3.82. The zero-order chi connectivity index (χ0) is 10.7. The van der Waals surface area contributed by atoms with Gasteiger partial charge in [-0.25, -0.2) is 0 Å². The Hall–Kier alpha value is -1.10. The van der Waals surface area contributed by atoms with Crippen molar-refractivity contribution in [2.75, 3.05) is 47.3 Å². The van der Waals surface area contributed by atoms with Crippen molar-refractivity contribution >= 4 is 11.8 Å². The highest BCUT2D eigenvalue weighted by molar-refractivity contribution is 6.31. The first kappa shape index (κ1) is 11.0. The number of carboxylic acid groups (broad SMARTS) is 1. The third-order valence-electron chi connectivity index (χ3n) is 2.37. The van der Waals surface area contributed by atoms with Crippen molar-refractivity contribution in [1.82, 2.24) is 9.80 Å². The van der Waals surface area contributed by atoms with E-state index in [0.29, 0.717) is 5.84 Å². The Morgan fingerprint density at radius 1 is 1.64 bits per heavy atom. The molecule has 0 aromatic rings. The fourth-order valence-corrected chi connectivity index (χ4v) is 1.55. The molecule has 5 heteroatoms. The van der Waals surface area contributed by atoms with Crippen LogP contribution in [0.25, 0.3) is 0 Å². The van der Waals surface area contributed by atoms with E-state index in [1.165, 1.54) is 0 Å². The van der Waals surface area contributed by atoms with Gasteiger partial charge in [-0.1, -0.05) is 0 Å². The molecule has 80 valence electrons. The summed E-state index contributed by atoms with van der Waals surface area (Å²) in [6, 6.07) is 0. The molecule has 1 aliphatic heterocycles. The van der Waals surface area contributed by atoms with E-state index in [9.17, 15) is 9.90 Å². The van der Waals surface area contributed by atoms with Gasteiger partial charge in [-0.05, 0) is 14.1 Å². The molecule has 1 heterocycles. The fraction of sp³-hybridized carbons (Fsp3) is 0.778. The van der Waals surface area contributed by atoms with E-state index in [1.54, 1.807) is 11.6 Å². The largest absolute Gasteiger partial charge is 0.538 e. The van der Waals surface area contributed by atoms with Gasteiger partial charge in [0.2, 0.25) is 0 Å². The molecule has 0 radical (unpaired) electrons. The van der Waals surface area contributed by atoms with E-state index < -0.39 is 5.97 Å². The van der Waals surface area contributed by atoms with Gasteiger partial charge in [-0.3, -0.25) is 9.48 Å². The summed E-state index contributed by atoms with van der Waals surface area (Å²) in [5, 5.41) is 10.8. The fourth-order valence-electron chi connectivity index (χ4n) is 1.55. The first-order valence-electron chi connectivity index (χ1n) is 4.71. The van der Waals surface area contributed by atoms with Gasteiger partial charge in [0, 0.05) is 6.54 Å². The van der Waals surface area contributed by atoms with Crippen molar-refractivity contribution < 1.29 is 14.5 Å². The van der Waals surface area contributed by atoms with Crippen LogP contribution in [0.4, 0.5) is 0 Å². The van der Waals surface area contributed by atoms with Crippen molar-refractivity contribution in [1.29, 1.82) is 0 Å². The second kappa shape index (κ2) is 4.41. The average Bonchev–Trinajstić information content (AvgIpc) is 2.43. The van der Waals surface area contributed by atoms with Crippen molar-refractivity contribution in [2.24, 2.45) is 0 Å². The predicted molar refractivity (Wildman–Crippen MR) is 51.2 cm³/mol. The molecular formula is C9H17N3O2. The van der Waals surface area contributed by atoms with E-state index in [0.717, 1.165) is 26.2 Å². The van der Waals surface area contributed by atoms with Crippen molar-refractivity contribution in [2.45, 2.75) is 0 Å². The summed E-state index contributed by atoms with van der Waals surface area (Å²) in [4.78, 5) is 14.7. The van der Waals surface area contributed by atoms with Crippen LogP contribution in [-0.2, 0) is 4.79 Å². The molecule has 0 aliphatic carbocycles. The lowest BCUT2D eigenvalue weighted by Crippen LogP contribution is -2.45. The summed E-state index contributed by atoms with van der Waals surface area (Å²) in [6.45, 7) is 3.12. The third kappa shape index (κ3) is 2.45. The lowest BCUT2D eigenvalue weighted by Gasteiger charge is -2.16. The van der Waals surface area contributed by atoms with Crippen molar-refractivity contribution in [3.63, 3.8) is 0 Å². The van der Waals surface area contributed by atoms with E-state index in [1.807, 2.05) is 23.9 Å². The van der Waals surface area contributed by atoms with Gasteiger partial charge in [0.25, 0.3) is 5.84 Å². The molecule has 0 atom stereocenters. The van der Waals surface area contributed by atoms with Crippen LogP contribution in [0.1, 0.15) is 0 Å². The summed E-state index contributed by atoms with van der Waals surface area (Å²) < 4.78 is 1.73. The standard InChI is InChI=1S/C9H17N3O2/c1-10(2)4-6-12-7-5-11(3)8(12)9(13)14/h4-7H2,1-3H3. The van der Waals surface area contributed by atoms with Gasteiger partial charge in [0.15, 0.2) is 5.97 Å². The van der Waals surface area contributed by atoms with Crippen LogP contribution in [0.15, 0.2) is 0 Å². The number of hydrogen-bond donors (Lipinski definition) is 0. The molecule has 0 spiro atoms. The van der Waals surface area contributed by atoms with Crippen LogP contribution in [-0.4, -0.2) is 73.5 Å². The summed E-state index contributed by atoms with van der Waals surface area (Å²) in [6.07, 6.45) is 0. The second-order valence-electron chi connectivity index (χ2n) is 3.82. The minimum Gasteiger partial charge on any atom is -0.538 e. The zero-order valence-electron chi connectivity index (χ0n) is 8.99. The molecule has 0 unspecified atom stereocenters. The molecular weight excluding hydrogens is 182 g/mol. The maximum Gasteiger partial charge on any atom is 0.295 e.